The van der Waals surface area contributed by atoms with Crippen LogP contribution >= 0.6 is 0 Å². The number of rotatable bonds is 6. The Morgan fingerprint density at radius 2 is 2.04 bits per heavy atom. The van der Waals surface area contributed by atoms with Crippen LogP contribution < -0.4 is 10.1 Å². The van der Waals surface area contributed by atoms with E-state index in [0.29, 0.717) is 13.1 Å². The number of piperazine rings is 1. The van der Waals surface area contributed by atoms with Crippen molar-refractivity contribution in [2.45, 2.75) is 26.0 Å². The summed E-state index contributed by atoms with van der Waals surface area (Å²) < 4.78 is 6.07. The molecule has 8 heteroatoms. The summed E-state index contributed by atoms with van der Waals surface area (Å²) in [6.07, 6.45) is 2.66. The molecule has 1 aromatic rings. The second kappa shape index (κ2) is 9.14. The predicted octanol–water partition coefficient (Wildman–Crippen LogP) is -0.0552. The van der Waals surface area contributed by atoms with E-state index in [1.54, 1.807) is 6.20 Å². The van der Waals surface area contributed by atoms with Gasteiger partial charge in [0.15, 0.2) is 0 Å². The fourth-order valence-electron chi connectivity index (χ4n) is 3.42. The van der Waals surface area contributed by atoms with Crippen LogP contribution in [0.4, 0.5) is 0 Å². The maximum atomic E-state index is 12.5. The van der Waals surface area contributed by atoms with Gasteiger partial charge in [0.1, 0.15) is 11.9 Å². The first-order valence-corrected chi connectivity index (χ1v) is 9.54. The summed E-state index contributed by atoms with van der Waals surface area (Å²) in [5.74, 6) is 0.882. The SMILES string of the molecule is CC(=O)NCc1cc(OC2CCN(CC(=O)N3CCN(C)CC3)C2)ccn1. The van der Waals surface area contributed by atoms with Gasteiger partial charge in [0.25, 0.3) is 0 Å². The monoisotopic (exact) mass is 375 g/mol. The third-order valence-electron chi connectivity index (χ3n) is 5.05. The van der Waals surface area contributed by atoms with Crippen LogP contribution in [0.25, 0.3) is 0 Å². The fourth-order valence-corrected chi connectivity index (χ4v) is 3.42. The van der Waals surface area contributed by atoms with Crippen molar-refractivity contribution < 1.29 is 14.3 Å². The number of likely N-dealkylation sites (tertiary alicyclic amines) is 1. The summed E-state index contributed by atoms with van der Waals surface area (Å²) in [6, 6.07) is 3.68. The highest BCUT2D eigenvalue weighted by atomic mass is 16.5. The van der Waals surface area contributed by atoms with Gasteiger partial charge in [-0.2, -0.15) is 0 Å². The number of pyridine rings is 1. The van der Waals surface area contributed by atoms with E-state index in [2.05, 4.69) is 27.1 Å². The van der Waals surface area contributed by atoms with Gasteiger partial charge < -0.3 is 19.9 Å². The number of hydrogen-bond donors (Lipinski definition) is 1. The lowest BCUT2D eigenvalue weighted by Crippen LogP contribution is -2.50. The van der Waals surface area contributed by atoms with Crippen LogP contribution in [0.3, 0.4) is 0 Å². The highest BCUT2D eigenvalue weighted by Crippen LogP contribution is 2.19. The highest BCUT2D eigenvalue weighted by Gasteiger charge is 2.28. The number of hydrogen-bond acceptors (Lipinski definition) is 6. The van der Waals surface area contributed by atoms with E-state index in [9.17, 15) is 9.59 Å². The first-order valence-electron chi connectivity index (χ1n) is 9.54. The van der Waals surface area contributed by atoms with E-state index in [1.165, 1.54) is 6.92 Å². The molecule has 1 unspecified atom stereocenters. The van der Waals surface area contributed by atoms with Gasteiger partial charge in [-0.1, -0.05) is 0 Å². The van der Waals surface area contributed by atoms with Crippen LogP contribution in [0.2, 0.25) is 0 Å². The van der Waals surface area contributed by atoms with Gasteiger partial charge >= 0.3 is 0 Å². The Kier molecular flexibility index (Phi) is 6.63. The third kappa shape index (κ3) is 5.90. The largest absolute Gasteiger partial charge is 0.489 e. The minimum absolute atomic E-state index is 0.0707. The molecule has 2 saturated heterocycles. The molecule has 0 spiro atoms. The average Bonchev–Trinajstić information content (AvgIpc) is 3.07. The Morgan fingerprint density at radius 1 is 1.26 bits per heavy atom. The molecule has 0 bridgehead atoms. The zero-order valence-electron chi connectivity index (χ0n) is 16.2. The van der Waals surface area contributed by atoms with Crippen molar-refractivity contribution in [1.29, 1.82) is 0 Å². The number of aromatic nitrogens is 1. The van der Waals surface area contributed by atoms with Gasteiger partial charge in [0.2, 0.25) is 11.8 Å². The van der Waals surface area contributed by atoms with Gasteiger partial charge in [-0.05, 0) is 19.5 Å². The summed E-state index contributed by atoms with van der Waals surface area (Å²) in [5, 5.41) is 2.73. The van der Waals surface area contributed by atoms with Crippen molar-refractivity contribution in [2.24, 2.45) is 0 Å². The maximum absolute atomic E-state index is 12.5. The van der Waals surface area contributed by atoms with E-state index < -0.39 is 0 Å². The number of amides is 2. The molecule has 0 aliphatic carbocycles. The molecule has 3 heterocycles. The molecule has 27 heavy (non-hydrogen) atoms. The van der Waals surface area contributed by atoms with E-state index in [1.807, 2.05) is 17.0 Å². The molecular formula is C19H29N5O3. The van der Waals surface area contributed by atoms with E-state index in [-0.39, 0.29) is 17.9 Å². The van der Waals surface area contributed by atoms with Crippen LogP contribution in [0, 0.1) is 0 Å². The van der Waals surface area contributed by atoms with Crippen LogP contribution in [-0.2, 0) is 16.1 Å². The van der Waals surface area contributed by atoms with Gasteiger partial charge in [-0.15, -0.1) is 0 Å². The molecule has 8 nitrogen and oxygen atoms in total. The summed E-state index contributed by atoms with van der Waals surface area (Å²) >= 11 is 0. The Bertz CT molecular complexity index is 661. The Labute approximate surface area is 160 Å². The summed E-state index contributed by atoms with van der Waals surface area (Å²) in [6.45, 7) is 7.49. The molecule has 2 aliphatic rings. The predicted molar refractivity (Wildman–Crippen MR) is 101 cm³/mol. The molecule has 1 aromatic heterocycles. The molecule has 0 saturated carbocycles. The fraction of sp³-hybridized carbons (Fsp3) is 0.632. The van der Waals surface area contributed by atoms with Crippen LogP contribution in [0.15, 0.2) is 18.3 Å². The standard InChI is InChI=1S/C19H29N5O3/c1-15(25)21-12-16-11-17(3-5-20-16)27-18-4-6-23(13-18)14-19(26)24-9-7-22(2)8-10-24/h3,5,11,18H,4,6-10,12-14H2,1-2H3,(H,21,25). The minimum atomic E-state index is -0.0837. The lowest BCUT2D eigenvalue weighted by molar-refractivity contribution is -0.133. The maximum Gasteiger partial charge on any atom is 0.236 e. The van der Waals surface area contributed by atoms with Gasteiger partial charge in [0.05, 0.1) is 18.8 Å². The summed E-state index contributed by atoms with van der Waals surface area (Å²) in [5.41, 5.74) is 0.766. The van der Waals surface area contributed by atoms with Crippen molar-refractivity contribution in [1.82, 2.24) is 25.0 Å². The second-order valence-electron chi connectivity index (χ2n) is 7.34. The molecule has 1 N–H and O–H groups in total. The van der Waals surface area contributed by atoms with Crippen LogP contribution in [0.5, 0.6) is 5.75 Å². The van der Waals surface area contributed by atoms with Crippen LogP contribution in [0.1, 0.15) is 19.0 Å². The van der Waals surface area contributed by atoms with Gasteiger partial charge in [-0.25, -0.2) is 0 Å². The van der Waals surface area contributed by atoms with Gasteiger partial charge in [-0.3, -0.25) is 19.5 Å². The zero-order chi connectivity index (χ0) is 19.2. The molecule has 2 amide bonds. The smallest absolute Gasteiger partial charge is 0.236 e. The van der Waals surface area contributed by atoms with Crippen molar-refractivity contribution in [3.05, 3.63) is 24.0 Å². The first kappa shape index (κ1) is 19.6. The molecule has 2 fully saturated rings. The molecular weight excluding hydrogens is 346 g/mol. The lowest BCUT2D eigenvalue weighted by Gasteiger charge is -2.33. The Morgan fingerprint density at radius 3 is 2.78 bits per heavy atom. The van der Waals surface area contributed by atoms with E-state index in [0.717, 1.165) is 57.1 Å². The molecule has 0 radical (unpaired) electrons. The highest BCUT2D eigenvalue weighted by molar-refractivity contribution is 5.78. The second-order valence-corrected chi connectivity index (χ2v) is 7.34. The normalized spacial score (nSPS) is 21.3. The molecule has 2 aliphatic heterocycles. The van der Waals surface area contributed by atoms with Gasteiger partial charge in [0, 0.05) is 58.5 Å². The van der Waals surface area contributed by atoms with E-state index >= 15 is 0 Å². The average molecular weight is 375 g/mol. The Balaban J connectivity index is 1.45. The Hall–Kier alpha value is -2.19. The number of nitrogens with one attached hydrogen (secondary N) is 1. The summed E-state index contributed by atoms with van der Waals surface area (Å²) in [4.78, 5) is 34.1. The number of likely N-dealkylation sites (N-methyl/N-ethyl adjacent to an activating group) is 1. The topological polar surface area (TPSA) is 78.0 Å². The van der Waals surface area contributed by atoms with Crippen LogP contribution in [-0.4, -0.2) is 90.5 Å². The number of nitrogens with zero attached hydrogens (tertiary/aromatic N) is 4. The quantitative estimate of drug-likeness (QED) is 0.751. The first-order chi connectivity index (χ1) is 13.0. The molecule has 0 aromatic carbocycles. The minimum Gasteiger partial charge on any atom is -0.489 e. The number of ether oxygens (including phenoxy) is 1. The van der Waals surface area contributed by atoms with Crippen molar-refractivity contribution in [2.75, 3.05) is 52.9 Å². The van der Waals surface area contributed by atoms with Crippen molar-refractivity contribution in [3.63, 3.8) is 0 Å². The molecule has 3 rings (SSSR count). The van der Waals surface area contributed by atoms with Crippen molar-refractivity contribution >= 4 is 11.8 Å². The summed E-state index contributed by atoms with van der Waals surface area (Å²) in [7, 11) is 2.09. The number of carbonyl (C=O) groups excluding carboxylic acids is 2. The number of carbonyl (C=O) groups is 2. The molecule has 148 valence electrons. The lowest BCUT2D eigenvalue weighted by atomic mass is 10.3. The zero-order valence-corrected chi connectivity index (χ0v) is 16.2. The van der Waals surface area contributed by atoms with Crippen molar-refractivity contribution in [3.8, 4) is 5.75 Å². The molecule has 1 atom stereocenters. The third-order valence-corrected chi connectivity index (χ3v) is 5.05. The van der Waals surface area contributed by atoms with E-state index in [4.69, 9.17) is 4.74 Å².